The van der Waals surface area contributed by atoms with Crippen LogP contribution in [0.2, 0.25) is 0 Å². The van der Waals surface area contributed by atoms with Crippen LogP contribution in [-0.2, 0) is 21.2 Å². The predicted molar refractivity (Wildman–Crippen MR) is 86.6 cm³/mol. The number of hydrogen-bond donors (Lipinski definition) is 1. The zero-order chi connectivity index (χ0) is 17.2. The lowest BCUT2D eigenvalue weighted by atomic mass is 10.1. The van der Waals surface area contributed by atoms with Crippen molar-refractivity contribution in [3.63, 3.8) is 0 Å². The van der Waals surface area contributed by atoms with Gasteiger partial charge in [-0.15, -0.1) is 11.3 Å². The Balaban J connectivity index is 2.00. The second-order valence-electron chi connectivity index (χ2n) is 5.24. The van der Waals surface area contributed by atoms with E-state index in [4.69, 9.17) is 0 Å². The zero-order valence-electron chi connectivity index (χ0n) is 13.0. The Morgan fingerprint density at radius 2 is 2.00 bits per heavy atom. The molecule has 0 bridgehead atoms. The zero-order valence-corrected chi connectivity index (χ0v) is 14.6. The van der Waals surface area contributed by atoms with Crippen molar-refractivity contribution in [3.05, 3.63) is 45.7 Å². The number of nitrogens with zero attached hydrogens (tertiary/aromatic N) is 1. The Labute approximate surface area is 138 Å². The van der Waals surface area contributed by atoms with Crippen molar-refractivity contribution in [2.24, 2.45) is 0 Å². The average Bonchev–Trinajstić information content (AvgIpc) is 2.80. The van der Waals surface area contributed by atoms with Crippen LogP contribution >= 0.6 is 11.3 Å². The summed E-state index contributed by atoms with van der Waals surface area (Å²) in [6.07, 6.45) is 0. The first-order valence-corrected chi connectivity index (χ1v) is 9.34. The lowest BCUT2D eigenvalue weighted by molar-refractivity contribution is -0.118. The Kier molecular flexibility index (Phi) is 5.16. The van der Waals surface area contributed by atoms with Gasteiger partial charge in [-0.1, -0.05) is 12.1 Å². The molecule has 1 aromatic carbocycles. The van der Waals surface area contributed by atoms with E-state index in [9.17, 15) is 17.6 Å². The monoisotopic (exact) mass is 356 g/mol. The van der Waals surface area contributed by atoms with E-state index in [2.05, 4.69) is 10.3 Å². The molecule has 2 aromatic rings. The topological polar surface area (TPSA) is 76.1 Å². The minimum absolute atomic E-state index is 0.0518. The van der Waals surface area contributed by atoms with Gasteiger partial charge in [-0.25, -0.2) is 17.8 Å². The summed E-state index contributed by atoms with van der Waals surface area (Å²) in [6.45, 7) is 5.21. The highest BCUT2D eigenvalue weighted by Gasteiger charge is 2.23. The number of amides is 1. The summed E-state index contributed by atoms with van der Waals surface area (Å²) >= 11 is 1.05. The van der Waals surface area contributed by atoms with Crippen molar-refractivity contribution in [3.8, 4) is 0 Å². The highest BCUT2D eigenvalue weighted by molar-refractivity contribution is 7.94. The summed E-state index contributed by atoms with van der Waals surface area (Å²) in [5.41, 5.74) is 1.72. The predicted octanol–water partition coefficient (Wildman–Crippen LogP) is 2.30. The Hall–Kier alpha value is -1.80. The molecular formula is C15H17FN2O3S2. The van der Waals surface area contributed by atoms with Gasteiger partial charge in [-0.05, 0) is 38.0 Å². The van der Waals surface area contributed by atoms with Crippen LogP contribution < -0.4 is 5.32 Å². The molecule has 0 fully saturated rings. The molecule has 0 saturated heterocycles. The van der Waals surface area contributed by atoms with Gasteiger partial charge in [0, 0.05) is 11.4 Å². The molecular weight excluding hydrogens is 339 g/mol. The molecule has 0 atom stereocenters. The fourth-order valence-corrected chi connectivity index (χ4v) is 4.35. The number of halogens is 1. The number of benzene rings is 1. The third-order valence-electron chi connectivity index (χ3n) is 3.32. The number of aromatic nitrogens is 1. The number of carbonyl (C=O) groups excluding carboxylic acids is 1. The van der Waals surface area contributed by atoms with Crippen LogP contribution in [0.5, 0.6) is 0 Å². The van der Waals surface area contributed by atoms with Crippen LogP contribution in [0, 0.1) is 26.6 Å². The number of rotatable bonds is 5. The fraction of sp³-hybridized carbons (Fsp3) is 0.333. The number of nitrogens with one attached hydrogen (secondary N) is 1. The summed E-state index contributed by atoms with van der Waals surface area (Å²) in [4.78, 5) is 16.6. The number of aryl methyl sites for hydroxylation is 3. The minimum Gasteiger partial charge on any atom is -0.351 e. The first kappa shape index (κ1) is 17.6. The van der Waals surface area contributed by atoms with E-state index in [1.165, 1.54) is 6.07 Å². The standard InChI is InChI=1S/C15H17FN2O3S2/c1-9-4-5-12(6-13(9)16)7-17-14(19)8-23(20,21)15-18-10(2)11(3)22-15/h4-6H,7-8H2,1-3H3,(H,17,19). The molecule has 1 heterocycles. The Morgan fingerprint density at radius 3 is 2.57 bits per heavy atom. The summed E-state index contributed by atoms with van der Waals surface area (Å²) in [7, 11) is -3.76. The van der Waals surface area contributed by atoms with E-state index < -0.39 is 21.5 Å². The summed E-state index contributed by atoms with van der Waals surface area (Å²) in [6, 6.07) is 4.60. The van der Waals surface area contributed by atoms with Gasteiger partial charge in [0.1, 0.15) is 11.6 Å². The van der Waals surface area contributed by atoms with Gasteiger partial charge < -0.3 is 5.32 Å². The summed E-state index contributed by atoms with van der Waals surface area (Å²) in [5.74, 6) is -1.68. The third-order valence-corrected chi connectivity index (χ3v) is 6.47. The number of carbonyl (C=O) groups is 1. The molecule has 0 aliphatic carbocycles. The molecule has 0 aliphatic heterocycles. The molecule has 0 radical (unpaired) electrons. The second-order valence-corrected chi connectivity index (χ2v) is 8.61. The Bertz CT molecular complexity index is 825. The number of thiazole rings is 1. The molecule has 1 aromatic heterocycles. The van der Waals surface area contributed by atoms with Crippen LogP contribution in [0.15, 0.2) is 22.5 Å². The highest BCUT2D eigenvalue weighted by atomic mass is 32.2. The van der Waals surface area contributed by atoms with Gasteiger partial charge in [0.05, 0.1) is 5.69 Å². The molecule has 2 rings (SSSR count). The first-order chi connectivity index (χ1) is 10.7. The maximum absolute atomic E-state index is 13.4. The molecule has 1 amide bonds. The summed E-state index contributed by atoms with van der Waals surface area (Å²) < 4.78 is 37.7. The van der Waals surface area contributed by atoms with Crippen LogP contribution in [0.4, 0.5) is 4.39 Å². The lowest BCUT2D eigenvalue weighted by Gasteiger charge is -2.06. The van der Waals surface area contributed by atoms with Gasteiger partial charge in [0.2, 0.25) is 20.1 Å². The van der Waals surface area contributed by atoms with E-state index in [0.29, 0.717) is 16.8 Å². The quantitative estimate of drug-likeness (QED) is 0.892. The van der Waals surface area contributed by atoms with Crippen LogP contribution in [0.25, 0.3) is 0 Å². The second kappa shape index (κ2) is 6.76. The first-order valence-electron chi connectivity index (χ1n) is 6.87. The minimum atomic E-state index is -3.76. The van der Waals surface area contributed by atoms with E-state index in [-0.39, 0.29) is 16.7 Å². The van der Waals surface area contributed by atoms with Gasteiger partial charge in [0.15, 0.2) is 0 Å². The molecule has 23 heavy (non-hydrogen) atoms. The van der Waals surface area contributed by atoms with E-state index in [0.717, 1.165) is 16.2 Å². The van der Waals surface area contributed by atoms with Crippen molar-refractivity contribution in [2.45, 2.75) is 31.7 Å². The molecule has 5 nitrogen and oxygen atoms in total. The van der Waals surface area contributed by atoms with Crippen LogP contribution in [-0.4, -0.2) is 25.1 Å². The SMILES string of the molecule is Cc1ccc(CNC(=O)CS(=O)(=O)c2nc(C)c(C)s2)cc1F. The van der Waals surface area contributed by atoms with Crippen molar-refractivity contribution < 1.29 is 17.6 Å². The highest BCUT2D eigenvalue weighted by Crippen LogP contribution is 2.22. The van der Waals surface area contributed by atoms with Crippen molar-refractivity contribution in [1.82, 2.24) is 10.3 Å². The maximum Gasteiger partial charge on any atom is 0.235 e. The van der Waals surface area contributed by atoms with Gasteiger partial charge in [-0.3, -0.25) is 4.79 Å². The molecule has 0 saturated carbocycles. The largest absolute Gasteiger partial charge is 0.351 e. The van der Waals surface area contributed by atoms with E-state index >= 15 is 0 Å². The van der Waals surface area contributed by atoms with Crippen LogP contribution in [0.3, 0.4) is 0 Å². The van der Waals surface area contributed by atoms with Gasteiger partial charge in [-0.2, -0.15) is 0 Å². The van der Waals surface area contributed by atoms with Crippen LogP contribution in [0.1, 0.15) is 21.7 Å². The summed E-state index contributed by atoms with van der Waals surface area (Å²) in [5, 5.41) is 2.49. The van der Waals surface area contributed by atoms with Gasteiger partial charge in [0.25, 0.3) is 0 Å². The normalized spacial score (nSPS) is 11.5. The average molecular weight is 356 g/mol. The molecule has 0 unspecified atom stereocenters. The molecule has 1 N–H and O–H groups in total. The van der Waals surface area contributed by atoms with E-state index in [1.807, 2.05) is 0 Å². The fourth-order valence-electron chi connectivity index (χ4n) is 1.81. The van der Waals surface area contributed by atoms with Crippen molar-refractivity contribution in [1.29, 1.82) is 0 Å². The number of sulfone groups is 1. The van der Waals surface area contributed by atoms with Crippen molar-refractivity contribution in [2.75, 3.05) is 5.75 Å². The number of hydrogen-bond acceptors (Lipinski definition) is 5. The molecule has 0 aliphatic rings. The molecule has 8 heteroatoms. The Morgan fingerprint density at radius 1 is 1.30 bits per heavy atom. The van der Waals surface area contributed by atoms with Crippen molar-refractivity contribution >= 4 is 27.1 Å². The molecule has 0 spiro atoms. The van der Waals surface area contributed by atoms with E-state index in [1.54, 1.807) is 32.9 Å². The maximum atomic E-state index is 13.4. The van der Waals surface area contributed by atoms with Gasteiger partial charge >= 0.3 is 0 Å². The third kappa shape index (κ3) is 4.35. The molecule has 124 valence electrons. The lowest BCUT2D eigenvalue weighted by Crippen LogP contribution is -2.30. The smallest absolute Gasteiger partial charge is 0.235 e.